The van der Waals surface area contributed by atoms with Gasteiger partial charge in [0.15, 0.2) is 0 Å². The van der Waals surface area contributed by atoms with E-state index in [4.69, 9.17) is 5.73 Å². The smallest absolute Gasteiger partial charge is 0.322 e. The molecule has 1 heterocycles. The number of carbonyl (C=O) groups is 1. The number of ether oxygens (including phenoxy) is 1. The summed E-state index contributed by atoms with van der Waals surface area (Å²) in [6.45, 7) is 0. The van der Waals surface area contributed by atoms with E-state index in [-0.39, 0.29) is 0 Å². The summed E-state index contributed by atoms with van der Waals surface area (Å²) in [4.78, 5) is 15.5. The number of nitrogens with zero attached hydrogens (tertiary/aromatic N) is 1. The Morgan fingerprint density at radius 3 is 3.00 bits per heavy atom. The van der Waals surface area contributed by atoms with Crippen molar-refractivity contribution in [3.63, 3.8) is 0 Å². The van der Waals surface area contributed by atoms with Gasteiger partial charge in [0.2, 0.25) is 0 Å². The molecule has 2 rings (SSSR count). The largest absolute Gasteiger partial charge is 0.468 e. The zero-order valence-corrected chi connectivity index (χ0v) is 9.59. The second-order valence-electron chi connectivity index (χ2n) is 3.87. The topological polar surface area (TPSA) is 65.2 Å². The van der Waals surface area contributed by atoms with Crippen LogP contribution < -0.4 is 5.73 Å². The summed E-state index contributed by atoms with van der Waals surface area (Å²) in [6.07, 6.45) is 2.18. The Morgan fingerprint density at radius 2 is 2.24 bits per heavy atom. The highest BCUT2D eigenvalue weighted by Crippen LogP contribution is 2.13. The zero-order valence-electron chi connectivity index (χ0n) is 9.59. The predicted molar refractivity (Wildman–Crippen MR) is 65.4 cm³/mol. The average molecular weight is 230 g/mol. The number of rotatable bonds is 3. The van der Waals surface area contributed by atoms with E-state index in [0.717, 1.165) is 16.5 Å². The number of pyridine rings is 1. The lowest BCUT2D eigenvalue weighted by Crippen LogP contribution is -2.33. The Hall–Kier alpha value is -1.94. The number of aromatic nitrogens is 1. The first kappa shape index (κ1) is 11.5. The van der Waals surface area contributed by atoms with Crippen LogP contribution in [0.3, 0.4) is 0 Å². The monoisotopic (exact) mass is 230 g/mol. The molecule has 0 saturated heterocycles. The molecule has 0 bridgehead atoms. The molecule has 0 amide bonds. The van der Waals surface area contributed by atoms with Crippen LogP contribution in [0.2, 0.25) is 0 Å². The zero-order chi connectivity index (χ0) is 12.3. The van der Waals surface area contributed by atoms with Crippen LogP contribution in [0.1, 0.15) is 5.56 Å². The first-order chi connectivity index (χ1) is 8.20. The van der Waals surface area contributed by atoms with Crippen molar-refractivity contribution in [3.8, 4) is 0 Å². The van der Waals surface area contributed by atoms with E-state index in [2.05, 4.69) is 9.72 Å². The Balaban J connectivity index is 2.22. The van der Waals surface area contributed by atoms with Gasteiger partial charge in [0, 0.05) is 11.6 Å². The molecule has 0 radical (unpaired) electrons. The number of esters is 1. The van der Waals surface area contributed by atoms with Crippen molar-refractivity contribution in [2.45, 2.75) is 12.5 Å². The van der Waals surface area contributed by atoms with Crippen molar-refractivity contribution in [1.29, 1.82) is 0 Å². The van der Waals surface area contributed by atoms with Crippen molar-refractivity contribution in [1.82, 2.24) is 4.98 Å². The third kappa shape index (κ3) is 2.60. The van der Waals surface area contributed by atoms with Crippen LogP contribution in [0, 0.1) is 0 Å². The van der Waals surface area contributed by atoms with Gasteiger partial charge in [-0.15, -0.1) is 0 Å². The maximum Gasteiger partial charge on any atom is 0.322 e. The normalized spacial score (nSPS) is 12.4. The van der Waals surface area contributed by atoms with E-state index in [9.17, 15) is 4.79 Å². The van der Waals surface area contributed by atoms with Gasteiger partial charge in [0.25, 0.3) is 0 Å². The van der Waals surface area contributed by atoms with Crippen LogP contribution in [0.25, 0.3) is 10.9 Å². The van der Waals surface area contributed by atoms with E-state index in [1.807, 2.05) is 30.3 Å². The van der Waals surface area contributed by atoms with E-state index in [1.54, 1.807) is 6.20 Å². The predicted octanol–water partition coefficient (Wildman–Crippen LogP) is 1.28. The third-order valence-corrected chi connectivity index (χ3v) is 2.61. The minimum Gasteiger partial charge on any atom is -0.468 e. The Morgan fingerprint density at radius 1 is 1.47 bits per heavy atom. The highest BCUT2D eigenvalue weighted by molar-refractivity contribution is 5.79. The second-order valence-corrected chi connectivity index (χ2v) is 3.87. The number of nitrogens with two attached hydrogens (primary N) is 1. The van der Waals surface area contributed by atoms with Gasteiger partial charge in [-0.05, 0) is 24.1 Å². The summed E-state index contributed by atoms with van der Waals surface area (Å²) in [5.41, 5.74) is 7.57. The molecule has 4 nitrogen and oxygen atoms in total. The first-order valence-electron chi connectivity index (χ1n) is 5.38. The number of hydrogen-bond acceptors (Lipinski definition) is 4. The van der Waals surface area contributed by atoms with Crippen molar-refractivity contribution in [3.05, 3.63) is 42.1 Å². The van der Waals surface area contributed by atoms with E-state index < -0.39 is 12.0 Å². The van der Waals surface area contributed by atoms with E-state index >= 15 is 0 Å². The number of fused-ring (bicyclic) bond motifs is 1. The minimum atomic E-state index is -0.636. The molecule has 0 unspecified atom stereocenters. The molecule has 0 saturated carbocycles. The quantitative estimate of drug-likeness (QED) is 0.807. The number of methoxy groups -OCH3 is 1. The van der Waals surface area contributed by atoms with Crippen molar-refractivity contribution in [2.75, 3.05) is 7.11 Å². The van der Waals surface area contributed by atoms with Crippen LogP contribution in [0.4, 0.5) is 0 Å². The molecule has 1 aromatic carbocycles. The summed E-state index contributed by atoms with van der Waals surface area (Å²) >= 11 is 0. The molecule has 17 heavy (non-hydrogen) atoms. The average Bonchev–Trinajstić information content (AvgIpc) is 2.37. The molecule has 0 aliphatic rings. The maximum absolute atomic E-state index is 11.2. The summed E-state index contributed by atoms with van der Waals surface area (Å²) < 4.78 is 4.59. The minimum absolute atomic E-state index is 0.404. The fourth-order valence-electron chi connectivity index (χ4n) is 1.72. The molecule has 1 aromatic heterocycles. The van der Waals surface area contributed by atoms with Crippen LogP contribution >= 0.6 is 0 Å². The number of benzene rings is 1. The van der Waals surface area contributed by atoms with Gasteiger partial charge in [0.05, 0.1) is 12.6 Å². The standard InChI is InChI=1S/C13H14N2O2/c1-17-13(16)11(14)7-9-6-10-4-2-3-5-12(10)15-8-9/h2-6,8,11H,7,14H2,1H3/t11-/m0/s1. The molecule has 2 N–H and O–H groups in total. The molecular formula is C13H14N2O2. The second kappa shape index (κ2) is 4.93. The van der Waals surface area contributed by atoms with Gasteiger partial charge >= 0.3 is 5.97 Å². The lowest BCUT2D eigenvalue weighted by molar-refractivity contribution is -0.142. The molecule has 88 valence electrons. The van der Waals surface area contributed by atoms with Gasteiger partial charge in [-0.3, -0.25) is 9.78 Å². The first-order valence-corrected chi connectivity index (χ1v) is 5.38. The molecule has 0 fully saturated rings. The van der Waals surface area contributed by atoms with Crippen molar-refractivity contribution < 1.29 is 9.53 Å². The molecule has 1 atom stereocenters. The summed E-state index contributed by atoms with van der Waals surface area (Å²) in [5, 5.41) is 1.04. The van der Waals surface area contributed by atoms with E-state index in [1.165, 1.54) is 7.11 Å². The van der Waals surface area contributed by atoms with Crippen LogP contribution in [0.5, 0.6) is 0 Å². The van der Waals surface area contributed by atoms with Crippen molar-refractivity contribution in [2.24, 2.45) is 5.73 Å². The van der Waals surface area contributed by atoms with Gasteiger partial charge in [-0.2, -0.15) is 0 Å². The molecule has 0 aliphatic heterocycles. The lowest BCUT2D eigenvalue weighted by atomic mass is 10.1. The van der Waals surface area contributed by atoms with Crippen LogP contribution in [-0.4, -0.2) is 24.1 Å². The SMILES string of the molecule is COC(=O)[C@@H](N)Cc1cnc2ccccc2c1. The van der Waals surface area contributed by atoms with Gasteiger partial charge in [-0.1, -0.05) is 18.2 Å². The molecular weight excluding hydrogens is 216 g/mol. The highest BCUT2D eigenvalue weighted by atomic mass is 16.5. The Labute approximate surface area is 99.4 Å². The molecule has 0 aliphatic carbocycles. The Kier molecular flexibility index (Phi) is 3.35. The highest BCUT2D eigenvalue weighted by Gasteiger charge is 2.14. The summed E-state index contributed by atoms with van der Waals surface area (Å²) in [5.74, 6) is -0.404. The fraction of sp³-hybridized carbons (Fsp3) is 0.231. The van der Waals surface area contributed by atoms with E-state index in [0.29, 0.717) is 6.42 Å². The van der Waals surface area contributed by atoms with Gasteiger partial charge in [0.1, 0.15) is 6.04 Å². The lowest BCUT2D eigenvalue weighted by Gasteiger charge is -2.09. The number of para-hydroxylation sites is 1. The molecule has 0 spiro atoms. The number of carbonyl (C=O) groups excluding carboxylic acids is 1. The number of hydrogen-bond donors (Lipinski definition) is 1. The summed E-state index contributed by atoms with van der Waals surface area (Å²) in [7, 11) is 1.33. The van der Waals surface area contributed by atoms with Crippen LogP contribution in [0.15, 0.2) is 36.5 Å². The Bertz CT molecular complexity index is 540. The van der Waals surface area contributed by atoms with Gasteiger partial charge < -0.3 is 10.5 Å². The maximum atomic E-state index is 11.2. The van der Waals surface area contributed by atoms with Crippen molar-refractivity contribution >= 4 is 16.9 Å². The van der Waals surface area contributed by atoms with Crippen LogP contribution in [-0.2, 0) is 16.0 Å². The summed E-state index contributed by atoms with van der Waals surface area (Å²) in [6, 6.07) is 9.17. The van der Waals surface area contributed by atoms with Gasteiger partial charge in [-0.25, -0.2) is 0 Å². The third-order valence-electron chi connectivity index (χ3n) is 2.61. The fourth-order valence-corrected chi connectivity index (χ4v) is 1.72. The molecule has 4 heteroatoms. The molecule has 2 aromatic rings.